The average molecular weight is 402 g/mol. The lowest BCUT2D eigenvalue weighted by Crippen LogP contribution is -2.63. The standard InChI is InChI=1S/C24H26N4O2/c1-25-22(29)20-13-27(12-17-5-3-2-4-6-17)14-24(20)15-28(16-24)23(30)19-7-8-21-18(11-19)9-10-26-21/h2-11,20,26H,12-16H2,1H3,(H,25,29). The van der Waals surface area contributed by atoms with Crippen LogP contribution in [0.2, 0.25) is 0 Å². The number of benzene rings is 2. The third-order valence-corrected chi connectivity index (χ3v) is 6.63. The highest BCUT2D eigenvalue weighted by Gasteiger charge is 2.57. The van der Waals surface area contributed by atoms with Gasteiger partial charge in [0.2, 0.25) is 5.91 Å². The van der Waals surface area contributed by atoms with Crippen LogP contribution in [0.5, 0.6) is 0 Å². The van der Waals surface area contributed by atoms with Crippen molar-refractivity contribution in [3.05, 3.63) is 71.9 Å². The number of fused-ring (bicyclic) bond motifs is 1. The summed E-state index contributed by atoms with van der Waals surface area (Å²) in [6.45, 7) is 3.64. The van der Waals surface area contributed by atoms with E-state index in [2.05, 4.69) is 27.3 Å². The van der Waals surface area contributed by atoms with Crippen molar-refractivity contribution in [3.8, 4) is 0 Å². The van der Waals surface area contributed by atoms with Gasteiger partial charge in [-0.1, -0.05) is 30.3 Å². The van der Waals surface area contributed by atoms with E-state index in [1.165, 1.54) is 5.56 Å². The van der Waals surface area contributed by atoms with Gasteiger partial charge in [-0.25, -0.2) is 0 Å². The fraction of sp³-hybridized carbons (Fsp3) is 0.333. The van der Waals surface area contributed by atoms with Gasteiger partial charge in [-0.3, -0.25) is 14.5 Å². The van der Waals surface area contributed by atoms with E-state index in [1.807, 2.05) is 53.6 Å². The van der Waals surface area contributed by atoms with Crippen molar-refractivity contribution in [2.45, 2.75) is 6.54 Å². The quantitative estimate of drug-likeness (QED) is 0.705. The van der Waals surface area contributed by atoms with Crippen LogP contribution >= 0.6 is 0 Å². The number of rotatable bonds is 4. The molecule has 3 aromatic rings. The molecule has 1 unspecified atom stereocenters. The van der Waals surface area contributed by atoms with E-state index >= 15 is 0 Å². The highest BCUT2D eigenvalue weighted by molar-refractivity contribution is 5.98. The zero-order valence-electron chi connectivity index (χ0n) is 17.1. The van der Waals surface area contributed by atoms with Gasteiger partial charge in [-0.15, -0.1) is 0 Å². The van der Waals surface area contributed by atoms with Crippen molar-refractivity contribution in [2.24, 2.45) is 11.3 Å². The number of nitrogens with one attached hydrogen (secondary N) is 2. The van der Waals surface area contributed by atoms with Gasteiger partial charge in [0.25, 0.3) is 5.91 Å². The van der Waals surface area contributed by atoms with E-state index in [4.69, 9.17) is 0 Å². The molecule has 3 heterocycles. The highest BCUT2D eigenvalue weighted by atomic mass is 16.2. The number of likely N-dealkylation sites (tertiary alicyclic amines) is 2. The van der Waals surface area contributed by atoms with Crippen LogP contribution in [-0.2, 0) is 11.3 Å². The Morgan fingerprint density at radius 3 is 2.67 bits per heavy atom. The van der Waals surface area contributed by atoms with Crippen molar-refractivity contribution >= 4 is 22.7 Å². The summed E-state index contributed by atoms with van der Waals surface area (Å²) in [4.78, 5) is 33.1. The van der Waals surface area contributed by atoms with Crippen molar-refractivity contribution in [2.75, 3.05) is 33.2 Å². The van der Waals surface area contributed by atoms with Gasteiger partial charge in [0, 0.05) is 67.8 Å². The number of carbonyl (C=O) groups excluding carboxylic acids is 2. The molecule has 0 bridgehead atoms. The molecule has 2 fully saturated rings. The summed E-state index contributed by atoms with van der Waals surface area (Å²) in [5.74, 6) is 0.0229. The summed E-state index contributed by atoms with van der Waals surface area (Å²) in [6.07, 6.45) is 1.88. The number of H-pyrrole nitrogens is 1. The average Bonchev–Trinajstić information content (AvgIpc) is 3.36. The fourth-order valence-electron chi connectivity index (χ4n) is 5.12. The number of hydrogen-bond acceptors (Lipinski definition) is 3. The third-order valence-electron chi connectivity index (χ3n) is 6.63. The van der Waals surface area contributed by atoms with E-state index < -0.39 is 0 Å². The van der Waals surface area contributed by atoms with Crippen molar-refractivity contribution in [1.29, 1.82) is 0 Å². The number of aromatic amines is 1. The molecule has 2 saturated heterocycles. The molecular weight excluding hydrogens is 376 g/mol. The van der Waals surface area contributed by atoms with E-state index in [-0.39, 0.29) is 23.1 Å². The van der Waals surface area contributed by atoms with Crippen LogP contribution in [0.4, 0.5) is 0 Å². The normalized spacial score (nSPS) is 20.4. The number of carbonyl (C=O) groups is 2. The molecular formula is C24H26N4O2. The first-order valence-electron chi connectivity index (χ1n) is 10.4. The van der Waals surface area contributed by atoms with Gasteiger partial charge in [-0.05, 0) is 29.8 Å². The molecule has 6 nitrogen and oxygen atoms in total. The second-order valence-corrected chi connectivity index (χ2v) is 8.63. The molecule has 2 aliphatic rings. The van der Waals surface area contributed by atoms with Crippen LogP contribution in [0.25, 0.3) is 10.9 Å². The molecule has 1 spiro atoms. The lowest BCUT2D eigenvalue weighted by molar-refractivity contribution is -0.130. The third kappa shape index (κ3) is 3.17. The molecule has 1 aromatic heterocycles. The molecule has 2 amide bonds. The summed E-state index contributed by atoms with van der Waals surface area (Å²) >= 11 is 0. The number of hydrogen-bond donors (Lipinski definition) is 2. The van der Waals surface area contributed by atoms with Gasteiger partial charge in [0.1, 0.15) is 0 Å². The van der Waals surface area contributed by atoms with Crippen molar-refractivity contribution in [1.82, 2.24) is 20.1 Å². The highest BCUT2D eigenvalue weighted by Crippen LogP contribution is 2.45. The summed E-state index contributed by atoms with van der Waals surface area (Å²) in [7, 11) is 1.70. The van der Waals surface area contributed by atoms with Gasteiger partial charge >= 0.3 is 0 Å². The molecule has 1 atom stereocenters. The first-order chi connectivity index (χ1) is 14.6. The smallest absolute Gasteiger partial charge is 0.253 e. The second-order valence-electron chi connectivity index (χ2n) is 8.63. The summed E-state index contributed by atoms with van der Waals surface area (Å²) in [5, 5.41) is 3.87. The summed E-state index contributed by atoms with van der Waals surface area (Å²) in [6, 6.07) is 18.1. The lowest BCUT2D eigenvalue weighted by atomic mass is 9.71. The maximum atomic E-state index is 13.1. The zero-order valence-corrected chi connectivity index (χ0v) is 17.1. The van der Waals surface area contributed by atoms with Crippen LogP contribution < -0.4 is 5.32 Å². The van der Waals surface area contributed by atoms with Crippen LogP contribution in [0.3, 0.4) is 0 Å². The van der Waals surface area contributed by atoms with Crippen LogP contribution in [-0.4, -0.2) is 59.8 Å². The van der Waals surface area contributed by atoms with Crippen LogP contribution in [0.15, 0.2) is 60.8 Å². The van der Waals surface area contributed by atoms with Gasteiger partial charge in [0.05, 0.1) is 5.92 Å². The van der Waals surface area contributed by atoms with Crippen molar-refractivity contribution in [3.63, 3.8) is 0 Å². The fourth-order valence-corrected chi connectivity index (χ4v) is 5.12. The topological polar surface area (TPSA) is 68.4 Å². The molecule has 0 radical (unpaired) electrons. The van der Waals surface area contributed by atoms with Crippen LogP contribution in [0, 0.1) is 11.3 Å². The van der Waals surface area contributed by atoms with E-state index in [0.29, 0.717) is 18.7 Å². The van der Waals surface area contributed by atoms with E-state index in [1.54, 1.807) is 7.05 Å². The Balaban J connectivity index is 1.31. The molecule has 2 N–H and O–H groups in total. The minimum absolute atomic E-state index is 0.0425. The van der Waals surface area contributed by atoms with Gasteiger partial charge < -0.3 is 15.2 Å². The van der Waals surface area contributed by atoms with Gasteiger partial charge in [0.15, 0.2) is 0 Å². The first-order valence-corrected chi connectivity index (χ1v) is 10.4. The van der Waals surface area contributed by atoms with E-state index in [9.17, 15) is 9.59 Å². The Morgan fingerprint density at radius 2 is 1.90 bits per heavy atom. The van der Waals surface area contributed by atoms with Crippen molar-refractivity contribution < 1.29 is 9.59 Å². The zero-order chi connectivity index (χ0) is 20.7. The second kappa shape index (κ2) is 7.29. The minimum Gasteiger partial charge on any atom is -0.361 e. The monoisotopic (exact) mass is 402 g/mol. The predicted octanol–water partition coefficient (Wildman–Crippen LogP) is 2.49. The van der Waals surface area contributed by atoms with E-state index in [0.717, 1.165) is 30.5 Å². The Kier molecular flexibility index (Phi) is 4.59. The maximum Gasteiger partial charge on any atom is 0.253 e. The Bertz CT molecular complexity index is 1080. The Morgan fingerprint density at radius 1 is 1.10 bits per heavy atom. The summed E-state index contributed by atoms with van der Waals surface area (Å²) in [5.41, 5.74) is 2.81. The molecule has 0 saturated carbocycles. The minimum atomic E-state index is -0.164. The first kappa shape index (κ1) is 18.9. The molecule has 0 aliphatic carbocycles. The number of aromatic nitrogens is 1. The molecule has 2 aromatic carbocycles. The van der Waals surface area contributed by atoms with Crippen LogP contribution in [0.1, 0.15) is 15.9 Å². The number of nitrogens with zero attached hydrogens (tertiary/aromatic N) is 2. The largest absolute Gasteiger partial charge is 0.361 e. The Hall–Kier alpha value is -3.12. The molecule has 2 aliphatic heterocycles. The number of amides is 2. The SMILES string of the molecule is CNC(=O)C1CN(Cc2ccccc2)CC12CN(C(=O)c1ccc3[nH]ccc3c1)C2. The summed E-state index contributed by atoms with van der Waals surface area (Å²) < 4.78 is 0. The molecule has 6 heteroatoms. The predicted molar refractivity (Wildman–Crippen MR) is 116 cm³/mol. The molecule has 154 valence electrons. The molecule has 5 rings (SSSR count). The van der Waals surface area contributed by atoms with Gasteiger partial charge in [-0.2, -0.15) is 0 Å². The maximum absolute atomic E-state index is 13.1. The lowest BCUT2D eigenvalue weighted by Gasteiger charge is -2.50. The Labute approximate surface area is 175 Å². The molecule has 30 heavy (non-hydrogen) atoms.